The molecule has 0 spiro atoms. The van der Waals surface area contributed by atoms with Crippen LogP contribution >= 0.6 is 0 Å². The van der Waals surface area contributed by atoms with E-state index in [9.17, 15) is 5.11 Å². The molecule has 2 heteroatoms. The van der Waals surface area contributed by atoms with Crippen molar-refractivity contribution in [3.05, 3.63) is 71.8 Å². The van der Waals surface area contributed by atoms with E-state index < -0.39 is 5.72 Å². The van der Waals surface area contributed by atoms with Crippen molar-refractivity contribution in [3.8, 4) is 0 Å². The molecule has 0 aliphatic rings. The molecule has 0 bridgehead atoms. The summed E-state index contributed by atoms with van der Waals surface area (Å²) >= 11 is 0. The van der Waals surface area contributed by atoms with E-state index in [4.69, 9.17) is 5.73 Å². The van der Waals surface area contributed by atoms with Crippen molar-refractivity contribution >= 4 is 0 Å². The molecule has 2 unspecified atom stereocenters. The lowest BCUT2D eigenvalue weighted by molar-refractivity contribution is -0.0144. The Bertz CT molecular complexity index is 493. The molecule has 100 valence electrons. The third kappa shape index (κ3) is 3.43. The maximum Gasteiger partial charge on any atom is 0.142 e. The van der Waals surface area contributed by atoms with E-state index in [1.54, 1.807) is 0 Å². The minimum atomic E-state index is -1.27. The van der Waals surface area contributed by atoms with Crippen LogP contribution in [0.2, 0.25) is 0 Å². The molecule has 0 fully saturated rings. The van der Waals surface area contributed by atoms with E-state index in [2.05, 4.69) is 12.1 Å². The van der Waals surface area contributed by atoms with E-state index in [1.165, 1.54) is 5.56 Å². The van der Waals surface area contributed by atoms with Crippen molar-refractivity contribution < 1.29 is 5.11 Å². The van der Waals surface area contributed by atoms with Gasteiger partial charge in [0, 0.05) is 5.92 Å². The quantitative estimate of drug-likeness (QED) is 0.807. The highest BCUT2D eigenvalue weighted by atomic mass is 16.3. The summed E-state index contributed by atoms with van der Waals surface area (Å²) in [4.78, 5) is 0. The van der Waals surface area contributed by atoms with Gasteiger partial charge in [-0.15, -0.1) is 0 Å². The molecule has 0 aliphatic carbocycles. The molecule has 0 saturated heterocycles. The van der Waals surface area contributed by atoms with Gasteiger partial charge in [-0.1, -0.05) is 67.6 Å². The van der Waals surface area contributed by atoms with E-state index in [0.717, 1.165) is 18.4 Å². The lowest BCUT2D eigenvalue weighted by Crippen LogP contribution is -2.43. The van der Waals surface area contributed by atoms with Gasteiger partial charge >= 0.3 is 0 Å². The first-order valence-corrected chi connectivity index (χ1v) is 6.71. The highest BCUT2D eigenvalue weighted by molar-refractivity contribution is 5.22. The maximum absolute atomic E-state index is 10.5. The molecule has 0 saturated carbocycles. The first-order chi connectivity index (χ1) is 9.10. The van der Waals surface area contributed by atoms with Crippen LogP contribution in [0.15, 0.2) is 60.7 Å². The number of hydrogen-bond acceptors (Lipinski definition) is 2. The zero-order valence-electron chi connectivity index (χ0n) is 11.3. The second-order valence-electron chi connectivity index (χ2n) is 5.12. The smallest absolute Gasteiger partial charge is 0.142 e. The predicted octanol–water partition coefficient (Wildman–Crippen LogP) is 3.06. The first kappa shape index (κ1) is 13.8. The molecule has 2 aromatic carbocycles. The summed E-state index contributed by atoms with van der Waals surface area (Å²) in [7, 11) is 0. The van der Waals surface area contributed by atoms with Gasteiger partial charge in [0.05, 0.1) is 0 Å². The Kier molecular flexibility index (Phi) is 4.35. The fourth-order valence-electron chi connectivity index (χ4n) is 2.24. The lowest BCUT2D eigenvalue weighted by atomic mass is 9.86. The second kappa shape index (κ2) is 6.00. The van der Waals surface area contributed by atoms with Crippen LogP contribution in [0.5, 0.6) is 0 Å². The number of aryl methyl sites for hydroxylation is 1. The minimum Gasteiger partial charge on any atom is -0.372 e. The summed E-state index contributed by atoms with van der Waals surface area (Å²) in [5.74, 6) is -0.00453. The summed E-state index contributed by atoms with van der Waals surface area (Å²) in [5.41, 5.74) is 6.88. The van der Waals surface area contributed by atoms with Gasteiger partial charge in [-0.2, -0.15) is 0 Å². The Morgan fingerprint density at radius 2 is 1.53 bits per heavy atom. The highest BCUT2D eigenvalue weighted by Crippen LogP contribution is 2.27. The van der Waals surface area contributed by atoms with Crippen molar-refractivity contribution in [2.24, 2.45) is 11.7 Å². The normalized spacial score (nSPS) is 15.7. The molecule has 0 radical (unpaired) electrons. The van der Waals surface area contributed by atoms with Gasteiger partial charge in [-0.25, -0.2) is 0 Å². The van der Waals surface area contributed by atoms with Crippen LogP contribution in [0.25, 0.3) is 0 Å². The van der Waals surface area contributed by atoms with Crippen LogP contribution in [-0.2, 0) is 12.1 Å². The molecule has 0 aliphatic heterocycles. The van der Waals surface area contributed by atoms with Gasteiger partial charge in [0.1, 0.15) is 5.72 Å². The highest BCUT2D eigenvalue weighted by Gasteiger charge is 2.30. The van der Waals surface area contributed by atoms with E-state index >= 15 is 0 Å². The second-order valence-corrected chi connectivity index (χ2v) is 5.12. The number of hydrogen-bond donors (Lipinski definition) is 2. The Morgan fingerprint density at radius 1 is 1.00 bits per heavy atom. The fourth-order valence-corrected chi connectivity index (χ4v) is 2.24. The molecule has 2 rings (SSSR count). The molecular formula is C17H21NO. The maximum atomic E-state index is 10.5. The molecule has 0 heterocycles. The standard InChI is InChI=1S/C17H21NO/c1-14(12-13-15-8-4-2-5-9-15)17(18,19)16-10-6-3-7-11-16/h2-11,14,19H,12-13,18H2,1H3. The Hall–Kier alpha value is -1.64. The third-order valence-corrected chi connectivity index (χ3v) is 3.70. The van der Waals surface area contributed by atoms with Crippen molar-refractivity contribution in [1.29, 1.82) is 0 Å². The van der Waals surface area contributed by atoms with E-state index in [0.29, 0.717) is 0 Å². The predicted molar refractivity (Wildman–Crippen MR) is 78.5 cm³/mol. The SMILES string of the molecule is CC(CCc1ccccc1)C(N)(O)c1ccccc1. The van der Waals surface area contributed by atoms with Gasteiger partial charge < -0.3 is 5.11 Å². The van der Waals surface area contributed by atoms with Crippen LogP contribution < -0.4 is 5.73 Å². The van der Waals surface area contributed by atoms with Crippen LogP contribution in [0.1, 0.15) is 24.5 Å². The zero-order chi connectivity index (χ0) is 13.7. The number of aliphatic hydroxyl groups is 1. The monoisotopic (exact) mass is 255 g/mol. The molecule has 2 aromatic rings. The Labute approximate surface area is 114 Å². The third-order valence-electron chi connectivity index (χ3n) is 3.70. The van der Waals surface area contributed by atoms with Gasteiger partial charge in [-0.3, -0.25) is 5.73 Å². The molecule has 3 N–H and O–H groups in total. The number of nitrogens with two attached hydrogens (primary N) is 1. The number of benzene rings is 2. The Balaban J connectivity index is 2.01. The topological polar surface area (TPSA) is 46.2 Å². The molecule has 0 aromatic heterocycles. The summed E-state index contributed by atoms with van der Waals surface area (Å²) in [6.45, 7) is 2.00. The summed E-state index contributed by atoms with van der Waals surface area (Å²) in [6.07, 6.45) is 1.78. The number of rotatable bonds is 5. The van der Waals surface area contributed by atoms with Crippen molar-refractivity contribution in [2.45, 2.75) is 25.5 Å². The molecule has 19 heavy (non-hydrogen) atoms. The van der Waals surface area contributed by atoms with E-state index in [-0.39, 0.29) is 5.92 Å². The molecule has 0 amide bonds. The van der Waals surface area contributed by atoms with Crippen LogP contribution in [0.3, 0.4) is 0 Å². The minimum absolute atomic E-state index is 0.00453. The Morgan fingerprint density at radius 3 is 2.11 bits per heavy atom. The molecular weight excluding hydrogens is 234 g/mol. The zero-order valence-corrected chi connectivity index (χ0v) is 11.3. The lowest BCUT2D eigenvalue weighted by Gasteiger charge is -2.30. The summed E-state index contributed by atoms with van der Waals surface area (Å²) < 4.78 is 0. The van der Waals surface area contributed by atoms with Crippen molar-refractivity contribution in [1.82, 2.24) is 0 Å². The average molecular weight is 255 g/mol. The summed E-state index contributed by atoms with van der Waals surface area (Å²) in [6, 6.07) is 19.8. The van der Waals surface area contributed by atoms with Crippen LogP contribution in [0.4, 0.5) is 0 Å². The largest absolute Gasteiger partial charge is 0.372 e. The van der Waals surface area contributed by atoms with Gasteiger partial charge in [0.15, 0.2) is 0 Å². The summed E-state index contributed by atoms with van der Waals surface area (Å²) in [5, 5.41) is 10.5. The van der Waals surface area contributed by atoms with Crippen molar-refractivity contribution in [3.63, 3.8) is 0 Å². The van der Waals surface area contributed by atoms with E-state index in [1.807, 2.05) is 55.5 Å². The molecule has 2 atom stereocenters. The van der Waals surface area contributed by atoms with Crippen LogP contribution in [-0.4, -0.2) is 5.11 Å². The van der Waals surface area contributed by atoms with Crippen LogP contribution in [0, 0.1) is 5.92 Å². The average Bonchev–Trinajstić information content (AvgIpc) is 2.46. The van der Waals surface area contributed by atoms with Gasteiger partial charge in [-0.05, 0) is 24.0 Å². The van der Waals surface area contributed by atoms with Crippen molar-refractivity contribution in [2.75, 3.05) is 0 Å². The van der Waals surface area contributed by atoms with Gasteiger partial charge in [0.25, 0.3) is 0 Å². The molecule has 2 nitrogen and oxygen atoms in total. The fraction of sp³-hybridized carbons (Fsp3) is 0.294. The first-order valence-electron chi connectivity index (χ1n) is 6.71. The van der Waals surface area contributed by atoms with Gasteiger partial charge in [0.2, 0.25) is 0 Å².